The van der Waals surface area contributed by atoms with E-state index in [0.717, 1.165) is 16.5 Å². The second-order valence-electron chi connectivity index (χ2n) is 7.60. The zero-order valence-electron chi connectivity index (χ0n) is 17.2. The molecule has 1 aliphatic heterocycles. The molecule has 0 amide bonds. The summed E-state index contributed by atoms with van der Waals surface area (Å²) in [5.41, 5.74) is 3.68. The predicted molar refractivity (Wildman–Crippen MR) is 118 cm³/mol. The first-order valence-corrected chi connectivity index (χ1v) is 10.0. The standard InChI is InChI=1S/C26H20FNO3/c1-16-23(30-15-17-7-3-5-9-21(17)27)12-11-20-25(29)24(31-26(16)20)13-18-14-28(2)22-10-6-4-8-19(18)22/h3-14H,15H2,1-2H3/b24-13+. The number of benzene rings is 3. The Morgan fingerprint density at radius 3 is 2.68 bits per heavy atom. The third-order valence-electron chi connectivity index (χ3n) is 5.59. The Bertz CT molecular complexity index is 1370. The Balaban J connectivity index is 1.45. The number of aromatic nitrogens is 1. The highest BCUT2D eigenvalue weighted by Gasteiger charge is 2.30. The van der Waals surface area contributed by atoms with Crippen molar-refractivity contribution < 1.29 is 18.7 Å². The lowest BCUT2D eigenvalue weighted by Gasteiger charge is -2.12. The second-order valence-corrected chi connectivity index (χ2v) is 7.60. The van der Waals surface area contributed by atoms with E-state index in [1.54, 1.807) is 36.4 Å². The van der Waals surface area contributed by atoms with E-state index < -0.39 is 0 Å². The summed E-state index contributed by atoms with van der Waals surface area (Å²) in [6.45, 7) is 1.93. The van der Waals surface area contributed by atoms with Gasteiger partial charge in [0.1, 0.15) is 23.9 Å². The van der Waals surface area contributed by atoms with Crippen molar-refractivity contribution in [2.24, 2.45) is 7.05 Å². The molecule has 5 rings (SSSR count). The molecule has 1 aliphatic rings. The molecule has 5 heteroatoms. The number of aryl methyl sites for hydroxylation is 1. The predicted octanol–water partition coefficient (Wildman–Crippen LogP) is 5.82. The van der Waals surface area contributed by atoms with E-state index in [2.05, 4.69) is 0 Å². The fourth-order valence-corrected chi connectivity index (χ4v) is 3.92. The van der Waals surface area contributed by atoms with Crippen LogP contribution in [0.2, 0.25) is 0 Å². The fourth-order valence-electron chi connectivity index (χ4n) is 3.92. The molecule has 4 aromatic rings. The summed E-state index contributed by atoms with van der Waals surface area (Å²) in [5, 5.41) is 1.05. The van der Waals surface area contributed by atoms with Gasteiger partial charge in [0.05, 0.1) is 5.56 Å². The Morgan fingerprint density at radius 1 is 1.06 bits per heavy atom. The summed E-state index contributed by atoms with van der Waals surface area (Å²) in [6, 6.07) is 17.9. The zero-order valence-corrected chi connectivity index (χ0v) is 17.2. The first-order chi connectivity index (χ1) is 15.0. The molecule has 0 unspecified atom stereocenters. The van der Waals surface area contributed by atoms with Gasteiger partial charge in [0.15, 0.2) is 5.76 Å². The number of fused-ring (bicyclic) bond motifs is 2. The molecule has 0 aliphatic carbocycles. The molecule has 3 aromatic carbocycles. The molecule has 0 N–H and O–H groups in total. The van der Waals surface area contributed by atoms with Crippen molar-refractivity contribution >= 4 is 22.8 Å². The second kappa shape index (κ2) is 7.43. The van der Waals surface area contributed by atoms with E-state index in [0.29, 0.717) is 28.2 Å². The number of nitrogens with zero attached hydrogens (tertiary/aromatic N) is 1. The number of ether oxygens (including phenoxy) is 2. The van der Waals surface area contributed by atoms with Crippen molar-refractivity contribution in [1.29, 1.82) is 0 Å². The average molecular weight is 413 g/mol. The van der Waals surface area contributed by atoms with Crippen LogP contribution in [-0.2, 0) is 13.7 Å². The molecule has 0 atom stereocenters. The molecule has 0 saturated heterocycles. The summed E-state index contributed by atoms with van der Waals surface area (Å²) in [6.07, 6.45) is 3.76. The molecule has 154 valence electrons. The molecule has 0 spiro atoms. The lowest BCUT2D eigenvalue weighted by molar-refractivity contribution is 0.101. The fraction of sp³-hybridized carbons (Fsp3) is 0.115. The lowest BCUT2D eigenvalue weighted by Crippen LogP contribution is -2.00. The van der Waals surface area contributed by atoms with Gasteiger partial charge in [-0.3, -0.25) is 4.79 Å². The van der Waals surface area contributed by atoms with Crippen LogP contribution in [0.3, 0.4) is 0 Å². The molecule has 1 aromatic heterocycles. The molecule has 2 heterocycles. The number of allylic oxidation sites excluding steroid dienone is 1. The molecular weight excluding hydrogens is 393 g/mol. The summed E-state index contributed by atoms with van der Waals surface area (Å²) in [7, 11) is 1.97. The van der Waals surface area contributed by atoms with Crippen molar-refractivity contribution in [3.8, 4) is 11.5 Å². The highest BCUT2D eigenvalue weighted by atomic mass is 19.1. The summed E-state index contributed by atoms with van der Waals surface area (Å²) < 4.78 is 27.7. The van der Waals surface area contributed by atoms with Crippen molar-refractivity contribution in [2.75, 3.05) is 0 Å². The monoisotopic (exact) mass is 413 g/mol. The molecule has 0 bridgehead atoms. The Kier molecular flexibility index (Phi) is 4.59. The number of para-hydroxylation sites is 1. The topological polar surface area (TPSA) is 40.5 Å². The maximum atomic E-state index is 13.9. The number of hydrogen-bond donors (Lipinski definition) is 0. The van der Waals surface area contributed by atoms with Crippen LogP contribution in [0.1, 0.15) is 27.0 Å². The Labute approximate surface area is 179 Å². The number of rotatable bonds is 4. The highest BCUT2D eigenvalue weighted by Crippen LogP contribution is 2.40. The maximum absolute atomic E-state index is 13.9. The van der Waals surface area contributed by atoms with Gasteiger partial charge in [0, 0.05) is 40.8 Å². The highest BCUT2D eigenvalue weighted by molar-refractivity contribution is 6.15. The van der Waals surface area contributed by atoms with Crippen LogP contribution in [-0.4, -0.2) is 10.4 Å². The van der Waals surface area contributed by atoms with E-state index in [9.17, 15) is 9.18 Å². The van der Waals surface area contributed by atoms with Crippen LogP contribution < -0.4 is 9.47 Å². The molecular formula is C26H20FNO3. The minimum Gasteiger partial charge on any atom is -0.488 e. The van der Waals surface area contributed by atoms with E-state index in [4.69, 9.17) is 9.47 Å². The molecule has 31 heavy (non-hydrogen) atoms. The summed E-state index contributed by atoms with van der Waals surface area (Å²) >= 11 is 0. The Morgan fingerprint density at radius 2 is 1.84 bits per heavy atom. The minimum absolute atomic E-state index is 0.0962. The van der Waals surface area contributed by atoms with Gasteiger partial charge in [0.25, 0.3) is 0 Å². The third-order valence-corrected chi connectivity index (χ3v) is 5.59. The van der Waals surface area contributed by atoms with Crippen molar-refractivity contribution in [1.82, 2.24) is 4.57 Å². The van der Waals surface area contributed by atoms with Crippen LogP contribution in [0, 0.1) is 12.7 Å². The van der Waals surface area contributed by atoms with Gasteiger partial charge >= 0.3 is 0 Å². The van der Waals surface area contributed by atoms with E-state index in [1.165, 1.54) is 6.07 Å². The van der Waals surface area contributed by atoms with E-state index in [-0.39, 0.29) is 24.0 Å². The normalized spacial score (nSPS) is 14.2. The lowest BCUT2D eigenvalue weighted by atomic mass is 10.1. The number of halogens is 1. The minimum atomic E-state index is -0.312. The number of ketones is 1. The van der Waals surface area contributed by atoms with E-state index >= 15 is 0 Å². The molecule has 0 saturated carbocycles. The van der Waals surface area contributed by atoms with Crippen molar-refractivity contribution in [3.05, 3.63) is 101 Å². The Hall–Kier alpha value is -3.86. The van der Waals surface area contributed by atoms with Crippen molar-refractivity contribution in [3.63, 3.8) is 0 Å². The molecule has 4 nitrogen and oxygen atoms in total. The number of carbonyl (C=O) groups is 1. The van der Waals surface area contributed by atoms with Gasteiger partial charge in [-0.1, -0.05) is 36.4 Å². The number of carbonyl (C=O) groups excluding carboxylic acids is 1. The van der Waals surface area contributed by atoms with Crippen LogP contribution >= 0.6 is 0 Å². The first kappa shape index (κ1) is 19.1. The first-order valence-electron chi connectivity index (χ1n) is 10.0. The van der Waals surface area contributed by atoms with Crippen LogP contribution in [0.4, 0.5) is 4.39 Å². The van der Waals surface area contributed by atoms with Gasteiger partial charge in [0.2, 0.25) is 5.78 Å². The van der Waals surface area contributed by atoms with Gasteiger partial charge in [-0.15, -0.1) is 0 Å². The summed E-state index contributed by atoms with van der Waals surface area (Å²) in [4.78, 5) is 12.9. The van der Waals surface area contributed by atoms with Crippen LogP contribution in [0.15, 0.2) is 72.6 Å². The summed E-state index contributed by atoms with van der Waals surface area (Å²) in [5.74, 6) is 0.851. The number of hydrogen-bond acceptors (Lipinski definition) is 3. The third kappa shape index (κ3) is 3.28. The van der Waals surface area contributed by atoms with Gasteiger partial charge < -0.3 is 14.0 Å². The number of Topliss-reactive ketones (excluding diaryl/α,β-unsaturated/α-hetero) is 1. The van der Waals surface area contributed by atoms with Gasteiger partial charge in [-0.05, 0) is 37.3 Å². The quantitative estimate of drug-likeness (QED) is 0.396. The van der Waals surface area contributed by atoms with Crippen LogP contribution in [0.5, 0.6) is 11.5 Å². The van der Waals surface area contributed by atoms with Gasteiger partial charge in [-0.2, -0.15) is 0 Å². The smallest absolute Gasteiger partial charge is 0.231 e. The SMILES string of the molecule is Cc1c(OCc2ccccc2F)ccc2c1O/C(=C/c1cn(C)c3ccccc13)C2=O. The average Bonchev–Trinajstić information content (AvgIpc) is 3.27. The van der Waals surface area contributed by atoms with Gasteiger partial charge in [-0.25, -0.2) is 4.39 Å². The largest absolute Gasteiger partial charge is 0.488 e. The van der Waals surface area contributed by atoms with Crippen LogP contribution in [0.25, 0.3) is 17.0 Å². The molecule has 0 fully saturated rings. The zero-order chi connectivity index (χ0) is 21.5. The maximum Gasteiger partial charge on any atom is 0.231 e. The molecule has 0 radical (unpaired) electrons. The van der Waals surface area contributed by atoms with E-state index in [1.807, 2.05) is 49.0 Å². The van der Waals surface area contributed by atoms with Crippen molar-refractivity contribution in [2.45, 2.75) is 13.5 Å².